The van der Waals surface area contributed by atoms with Crippen molar-refractivity contribution in [1.29, 1.82) is 0 Å². The molecule has 0 aromatic carbocycles. The van der Waals surface area contributed by atoms with Crippen LogP contribution in [-0.4, -0.2) is 13.1 Å². The fraction of sp³-hybridized carbons (Fsp3) is 1.00. The van der Waals surface area contributed by atoms with Crippen molar-refractivity contribution >= 4 is 0 Å². The lowest BCUT2D eigenvalue weighted by Gasteiger charge is -2.38. The Balaban J connectivity index is 2.29. The molecule has 0 radical (unpaired) electrons. The van der Waals surface area contributed by atoms with E-state index >= 15 is 0 Å². The SMILES string of the molecule is CCCCCCCC1CC(C(C)C)CCC1NC. The van der Waals surface area contributed by atoms with Crippen LogP contribution >= 0.6 is 0 Å². The molecule has 0 saturated heterocycles. The van der Waals surface area contributed by atoms with Gasteiger partial charge in [0, 0.05) is 6.04 Å². The van der Waals surface area contributed by atoms with E-state index < -0.39 is 0 Å². The minimum Gasteiger partial charge on any atom is -0.317 e. The molecule has 0 aromatic heterocycles. The second kappa shape index (κ2) is 8.96. The molecule has 108 valence electrons. The third-order valence-corrected chi connectivity index (χ3v) is 5.02. The first-order chi connectivity index (χ1) is 8.69. The van der Waals surface area contributed by atoms with E-state index in [1.165, 1.54) is 57.8 Å². The van der Waals surface area contributed by atoms with Crippen LogP contribution in [0.25, 0.3) is 0 Å². The molecular weight excluding hydrogens is 218 g/mol. The van der Waals surface area contributed by atoms with E-state index in [1.807, 2.05) is 0 Å². The standard InChI is InChI=1S/C17H35N/c1-5-6-7-8-9-10-16-13-15(14(2)3)11-12-17(16)18-4/h14-18H,5-13H2,1-4H3. The Bertz CT molecular complexity index is 200. The third-order valence-electron chi connectivity index (χ3n) is 5.02. The quantitative estimate of drug-likeness (QED) is 0.600. The Hall–Kier alpha value is -0.0400. The summed E-state index contributed by atoms with van der Waals surface area (Å²) in [4.78, 5) is 0. The van der Waals surface area contributed by atoms with Gasteiger partial charge < -0.3 is 5.32 Å². The predicted molar refractivity (Wildman–Crippen MR) is 81.9 cm³/mol. The first-order valence-corrected chi connectivity index (χ1v) is 8.36. The molecule has 0 spiro atoms. The molecule has 1 saturated carbocycles. The van der Waals surface area contributed by atoms with Crippen LogP contribution in [0.1, 0.15) is 78.6 Å². The predicted octanol–water partition coefficient (Wildman–Crippen LogP) is 5.01. The summed E-state index contributed by atoms with van der Waals surface area (Å²) in [5.41, 5.74) is 0. The van der Waals surface area contributed by atoms with Crippen molar-refractivity contribution in [3.63, 3.8) is 0 Å². The number of unbranched alkanes of at least 4 members (excludes halogenated alkanes) is 4. The molecule has 18 heavy (non-hydrogen) atoms. The van der Waals surface area contributed by atoms with Crippen LogP contribution in [0.15, 0.2) is 0 Å². The number of rotatable bonds is 8. The fourth-order valence-corrected chi connectivity index (χ4v) is 3.61. The maximum absolute atomic E-state index is 3.57. The highest BCUT2D eigenvalue weighted by Gasteiger charge is 2.30. The monoisotopic (exact) mass is 253 g/mol. The summed E-state index contributed by atoms with van der Waals surface area (Å²) in [5.74, 6) is 2.80. The molecule has 0 bridgehead atoms. The first kappa shape index (κ1) is 16.0. The molecule has 0 aliphatic heterocycles. The van der Waals surface area contributed by atoms with Crippen molar-refractivity contribution in [2.45, 2.75) is 84.6 Å². The average Bonchev–Trinajstić information content (AvgIpc) is 2.38. The van der Waals surface area contributed by atoms with Crippen molar-refractivity contribution in [2.24, 2.45) is 17.8 Å². The van der Waals surface area contributed by atoms with Crippen LogP contribution in [0, 0.1) is 17.8 Å². The zero-order valence-corrected chi connectivity index (χ0v) is 13.2. The second-order valence-electron chi connectivity index (χ2n) is 6.68. The lowest BCUT2D eigenvalue weighted by Crippen LogP contribution is -2.39. The summed E-state index contributed by atoms with van der Waals surface area (Å²) >= 11 is 0. The van der Waals surface area contributed by atoms with E-state index in [9.17, 15) is 0 Å². The Morgan fingerprint density at radius 1 is 1.06 bits per heavy atom. The van der Waals surface area contributed by atoms with Gasteiger partial charge in [-0.2, -0.15) is 0 Å². The molecule has 0 aromatic rings. The van der Waals surface area contributed by atoms with Crippen LogP contribution in [0.5, 0.6) is 0 Å². The average molecular weight is 253 g/mol. The molecule has 1 aliphatic rings. The molecule has 3 atom stereocenters. The molecular formula is C17H35N. The summed E-state index contributed by atoms with van der Waals surface area (Å²) < 4.78 is 0. The van der Waals surface area contributed by atoms with E-state index in [-0.39, 0.29) is 0 Å². The van der Waals surface area contributed by atoms with E-state index in [0.717, 1.165) is 23.8 Å². The highest BCUT2D eigenvalue weighted by atomic mass is 14.9. The van der Waals surface area contributed by atoms with Gasteiger partial charge in [-0.3, -0.25) is 0 Å². The maximum Gasteiger partial charge on any atom is 0.00925 e. The first-order valence-electron chi connectivity index (χ1n) is 8.36. The maximum atomic E-state index is 3.57. The smallest absolute Gasteiger partial charge is 0.00925 e. The summed E-state index contributed by atoms with van der Waals surface area (Å²) in [6.45, 7) is 7.11. The molecule has 1 rings (SSSR count). The Morgan fingerprint density at radius 2 is 1.78 bits per heavy atom. The van der Waals surface area contributed by atoms with E-state index in [4.69, 9.17) is 0 Å². The molecule has 0 amide bonds. The van der Waals surface area contributed by atoms with E-state index in [0.29, 0.717) is 0 Å². The van der Waals surface area contributed by atoms with Crippen molar-refractivity contribution in [1.82, 2.24) is 5.32 Å². The van der Waals surface area contributed by atoms with Crippen molar-refractivity contribution in [2.75, 3.05) is 7.05 Å². The Kier molecular flexibility index (Phi) is 7.97. The van der Waals surface area contributed by atoms with Gasteiger partial charge in [-0.1, -0.05) is 52.9 Å². The molecule has 1 aliphatic carbocycles. The van der Waals surface area contributed by atoms with Crippen LogP contribution in [-0.2, 0) is 0 Å². The van der Waals surface area contributed by atoms with Gasteiger partial charge >= 0.3 is 0 Å². The van der Waals surface area contributed by atoms with Gasteiger partial charge in [-0.15, -0.1) is 0 Å². The Morgan fingerprint density at radius 3 is 2.39 bits per heavy atom. The topological polar surface area (TPSA) is 12.0 Å². The lowest BCUT2D eigenvalue weighted by molar-refractivity contribution is 0.163. The molecule has 1 nitrogen and oxygen atoms in total. The van der Waals surface area contributed by atoms with Gasteiger partial charge in [0.2, 0.25) is 0 Å². The normalized spacial score (nSPS) is 28.8. The van der Waals surface area contributed by atoms with Gasteiger partial charge in [-0.25, -0.2) is 0 Å². The lowest BCUT2D eigenvalue weighted by atomic mass is 9.72. The van der Waals surface area contributed by atoms with Gasteiger partial charge in [-0.05, 0) is 50.5 Å². The molecule has 1 fully saturated rings. The van der Waals surface area contributed by atoms with Crippen LogP contribution in [0.2, 0.25) is 0 Å². The third kappa shape index (κ3) is 5.30. The van der Waals surface area contributed by atoms with Gasteiger partial charge in [0.25, 0.3) is 0 Å². The zero-order chi connectivity index (χ0) is 13.4. The number of nitrogens with one attached hydrogen (secondary N) is 1. The number of hydrogen-bond acceptors (Lipinski definition) is 1. The van der Waals surface area contributed by atoms with Crippen molar-refractivity contribution in [3.8, 4) is 0 Å². The van der Waals surface area contributed by atoms with Crippen molar-refractivity contribution < 1.29 is 0 Å². The molecule has 1 N–H and O–H groups in total. The highest BCUT2D eigenvalue weighted by molar-refractivity contribution is 4.85. The summed E-state index contributed by atoms with van der Waals surface area (Å²) in [7, 11) is 2.16. The van der Waals surface area contributed by atoms with Crippen LogP contribution in [0.4, 0.5) is 0 Å². The minimum atomic E-state index is 0.797. The van der Waals surface area contributed by atoms with Gasteiger partial charge in [0.05, 0.1) is 0 Å². The number of hydrogen-bond donors (Lipinski definition) is 1. The summed E-state index contributed by atoms with van der Waals surface area (Å²) in [6.07, 6.45) is 12.9. The van der Waals surface area contributed by atoms with Gasteiger partial charge in [0.1, 0.15) is 0 Å². The molecule has 3 unspecified atom stereocenters. The fourth-order valence-electron chi connectivity index (χ4n) is 3.61. The zero-order valence-electron chi connectivity index (χ0n) is 13.2. The minimum absolute atomic E-state index is 0.797. The highest BCUT2D eigenvalue weighted by Crippen LogP contribution is 2.36. The molecule has 0 heterocycles. The second-order valence-corrected chi connectivity index (χ2v) is 6.68. The summed E-state index contributed by atoms with van der Waals surface area (Å²) in [5, 5.41) is 3.57. The summed E-state index contributed by atoms with van der Waals surface area (Å²) in [6, 6.07) is 0.797. The van der Waals surface area contributed by atoms with E-state index in [2.05, 4.69) is 33.1 Å². The van der Waals surface area contributed by atoms with Crippen LogP contribution in [0.3, 0.4) is 0 Å². The largest absolute Gasteiger partial charge is 0.317 e. The van der Waals surface area contributed by atoms with Crippen molar-refractivity contribution in [3.05, 3.63) is 0 Å². The van der Waals surface area contributed by atoms with E-state index in [1.54, 1.807) is 0 Å². The molecule has 1 heteroatoms. The Labute approximate surface area is 115 Å². The van der Waals surface area contributed by atoms with Crippen LogP contribution < -0.4 is 5.32 Å². The van der Waals surface area contributed by atoms with Gasteiger partial charge in [0.15, 0.2) is 0 Å².